The Balaban J connectivity index is 1.70. The number of ether oxygens (including phenoxy) is 1. The van der Waals surface area contributed by atoms with E-state index in [1.165, 1.54) is 0 Å². The summed E-state index contributed by atoms with van der Waals surface area (Å²) in [7, 11) is 0. The summed E-state index contributed by atoms with van der Waals surface area (Å²) in [6.45, 7) is 2.85. The summed E-state index contributed by atoms with van der Waals surface area (Å²) < 4.78 is 6.64. The van der Waals surface area contributed by atoms with E-state index in [1.807, 2.05) is 24.3 Å². The Bertz CT molecular complexity index is 407. The summed E-state index contributed by atoms with van der Waals surface area (Å²) in [6.07, 6.45) is 0.744. The number of hydrogen-bond donors (Lipinski definition) is 1. The summed E-state index contributed by atoms with van der Waals surface area (Å²) >= 11 is 3.37. The number of carboxylic acid groups (broad SMARTS) is 1. The number of halogens is 1. The molecule has 1 atom stereocenters. The minimum atomic E-state index is -0.689. The van der Waals surface area contributed by atoms with E-state index in [1.54, 1.807) is 0 Å². The topological polar surface area (TPSA) is 49.8 Å². The second-order valence-corrected chi connectivity index (χ2v) is 5.34. The molecule has 5 heteroatoms. The number of likely N-dealkylation sites (tertiary alicyclic amines) is 1. The average Bonchev–Trinajstić information content (AvgIpc) is 2.81. The number of nitrogens with zero attached hydrogens (tertiary/aromatic N) is 1. The van der Waals surface area contributed by atoms with E-state index >= 15 is 0 Å². The van der Waals surface area contributed by atoms with Gasteiger partial charge >= 0.3 is 5.97 Å². The van der Waals surface area contributed by atoms with E-state index in [-0.39, 0.29) is 5.92 Å². The molecule has 1 fully saturated rings. The zero-order valence-corrected chi connectivity index (χ0v) is 11.6. The van der Waals surface area contributed by atoms with E-state index in [4.69, 9.17) is 9.84 Å². The highest BCUT2D eigenvalue weighted by Gasteiger charge is 2.27. The van der Waals surface area contributed by atoms with Gasteiger partial charge in [0.05, 0.1) is 5.92 Å². The van der Waals surface area contributed by atoms with E-state index < -0.39 is 5.97 Å². The van der Waals surface area contributed by atoms with Gasteiger partial charge in [0.25, 0.3) is 0 Å². The van der Waals surface area contributed by atoms with Crippen LogP contribution in [0.25, 0.3) is 0 Å². The maximum absolute atomic E-state index is 10.8. The van der Waals surface area contributed by atoms with Gasteiger partial charge < -0.3 is 9.84 Å². The van der Waals surface area contributed by atoms with Crippen LogP contribution >= 0.6 is 15.9 Å². The molecule has 98 valence electrons. The molecule has 0 spiro atoms. The van der Waals surface area contributed by atoms with Crippen LogP contribution in [-0.4, -0.2) is 42.2 Å². The third-order valence-corrected chi connectivity index (χ3v) is 3.64. The molecule has 1 aromatic rings. The lowest BCUT2D eigenvalue weighted by molar-refractivity contribution is -0.141. The highest BCUT2D eigenvalue weighted by Crippen LogP contribution is 2.18. The predicted molar refractivity (Wildman–Crippen MR) is 71.8 cm³/mol. The Hall–Kier alpha value is -1.07. The van der Waals surface area contributed by atoms with Gasteiger partial charge in [0.1, 0.15) is 12.4 Å². The Kier molecular flexibility index (Phi) is 4.60. The molecule has 1 heterocycles. The molecule has 18 heavy (non-hydrogen) atoms. The van der Waals surface area contributed by atoms with Crippen molar-refractivity contribution in [2.75, 3.05) is 26.2 Å². The van der Waals surface area contributed by atoms with Crippen molar-refractivity contribution < 1.29 is 14.6 Å². The van der Waals surface area contributed by atoms with Crippen LogP contribution in [-0.2, 0) is 4.79 Å². The van der Waals surface area contributed by atoms with Crippen LogP contribution in [0.15, 0.2) is 28.7 Å². The van der Waals surface area contributed by atoms with Crippen LogP contribution in [0.5, 0.6) is 5.75 Å². The lowest BCUT2D eigenvalue weighted by atomic mass is 10.1. The number of benzene rings is 1. The number of rotatable bonds is 5. The van der Waals surface area contributed by atoms with Crippen molar-refractivity contribution in [2.45, 2.75) is 6.42 Å². The number of aliphatic carboxylic acids is 1. The van der Waals surface area contributed by atoms with Gasteiger partial charge in [-0.25, -0.2) is 0 Å². The van der Waals surface area contributed by atoms with Gasteiger partial charge in [-0.1, -0.05) is 15.9 Å². The minimum Gasteiger partial charge on any atom is -0.492 e. The van der Waals surface area contributed by atoms with Crippen molar-refractivity contribution in [3.8, 4) is 5.75 Å². The van der Waals surface area contributed by atoms with Crippen molar-refractivity contribution in [3.05, 3.63) is 28.7 Å². The molecule has 0 amide bonds. The third-order valence-electron chi connectivity index (χ3n) is 3.11. The van der Waals surface area contributed by atoms with Crippen LogP contribution in [0.1, 0.15) is 6.42 Å². The van der Waals surface area contributed by atoms with E-state index in [9.17, 15) is 4.79 Å². The molecule has 1 aromatic carbocycles. The van der Waals surface area contributed by atoms with Gasteiger partial charge in [-0.05, 0) is 37.2 Å². The molecule has 0 aliphatic carbocycles. The van der Waals surface area contributed by atoms with Gasteiger partial charge in [0.15, 0.2) is 0 Å². The zero-order chi connectivity index (χ0) is 13.0. The molecule has 0 aromatic heterocycles. The largest absolute Gasteiger partial charge is 0.492 e. The van der Waals surface area contributed by atoms with Crippen molar-refractivity contribution in [1.82, 2.24) is 4.90 Å². The maximum Gasteiger partial charge on any atom is 0.307 e. The highest BCUT2D eigenvalue weighted by atomic mass is 79.9. The van der Waals surface area contributed by atoms with Crippen LogP contribution in [0.2, 0.25) is 0 Å². The molecule has 0 bridgehead atoms. The summed E-state index contributed by atoms with van der Waals surface area (Å²) in [4.78, 5) is 12.9. The fraction of sp³-hybridized carbons (Fsp3) is 0.462. The summed E-state index contributed by atoms with van der Waals surface area (Å²) in [5.41, 5.74) is 0. The Labute approximate surface area is 115 Å². The van der Waals surface area contributed by atoms with Crippen LogP contribution in [0, 0.1) is 5.92 Å². The summed E-state index contributed by atoms with van der Waals surface area (Å²) in [6, 6.07) is 7.69. The van der Waals surface area contributed by atoms with Crippen LogP contribution in [0.3, 0.4) is 0 Å². The van der Waals surface area contributed by atoms with Gasteiger partial charge in [-0.15, -0.1) is 0 Å². The first-order valence-corrected chi connectivity index (χ1v) is 6.78. The molecule has 1 unspecified atom stereocenters. The molecule has 4 nitrogen and oxygen atoms in total. The summed E-state index contributed by atoms with van der Waals surface area (Å²) in [5.74, 6) is -0.0591. The van der Waals surface area contributed by atoms with Crippen molar-refractivity contribution in [2.24, 2.45) is 5.92 Å². The lowest BCUT2D eigenvalue weighted by Crippen LogP contribution is -2.27. The minimum absolute atomic E-state index is 0.210. The molecule has 1 N–H and O–H groups in total. The third kappa shape index (κ3) is 3.71. The lowest BCUT2D eigenvalue weighted by Gasteiger charge is -2.15. The van der Waals surface area contributed by atoms with Crippen molar-refractivity contribution >= 4 is 21.9 Å². The van der Waals surface area contributed by atoms with E-state index in [2.05, 4.69) is 20.8 Å². The molecule has 1 saturated heterocycles. The maximum atomic E-state index is 10.8. The SMILES string of the molecule is O=C(O)C1CCN(CCOc2ccc(Br)cc2)C1. The smallest absolute Gasteiger partial charge is 0.307 e. The molecule has 0 radical (unpaired) electrons. The molecule has 0 saturated carbocycles. The first-order valence-electron chi connectivity index (χ1n) is 5.98. The average molecular weight is 314 g/mol. The number of hydrogen-bond acceptors (Lipinski definition) is 3. The molecule has 1 aliphatic heterocycles. The van der Waals surface area contributed by atoms with Crippen molar-refractivity contribution in [1.29, 1.82) is 0 Å². The second kappa shape index (κ2) is 6.20. The van der Waals surface area contributed by atoms with Gasteiger partial charge in [-0.3, -0.25) is 9.69 Å². The van der Waals surface area contributed by atoms with Crippen LogP contribution < -0.4 is 4.74 Å². The zero-order valence-electron chi connectivity index (χ0n) is 10.0. The van der Waals surface area contributed by atoms with Gasteiger partial charge in [0, 0.05) is 17.6 Å². The highest BCUT2D eigenvalue weighted by molar-refractivity contribution is 9.10. The fourth-order valence-electron chi connectivity index (χ4n) is 2.06. The Morgan fingerprint density at radius 1 is 1.44 bits per heavy atom. The predicted octanol–water partition coefficient (Wildman–Crippen LogP) is 2.23. The molecule has 1 aliphatic rings. The molecular weight excluding hydrogens is 298 g/mol. The van der Waals surface area contributed by atoms with E-state index in [0.29, 0.717) is 13.2 Å². The standard InChI is InChI=1S/C13H16BrNO3/c14-11-1-3-12(4-2-11)18-8-7-15-6-5-10(9-15)13(16)17/h1-4,10H,5-9H2,(H,16,17). The van der Waals surface area contributed by atoms with Gasteiger partial charge in [0.2, 0.25) is 0 Å². The quantitative estimate of drug-likeness (QED) is 0.905. The Morgan fingerprint density at radius 3 is 2.78 bits per heavy atom. The summed E-state index contributed by atoms with van der Waals surface area (Å²) in [5, 5.41) is 8.90. The van der Waals surface area contributed by atoms with Crippen molar-refractivity contribution in [3.63, 3.8) is 0 Å². The molecular formula is C13H16BrNO3. The fourth-order valence-corrected chi connectivity index (χ4v) is 2.33. The first-order chi connectivity index (χ1) is 8.65. The normalized spacial score (nSPS) is 19.9. The van der Waals surface area contributed by atoms with Crippen LogP contribution in [0.4, 0.5) is 0 Å². The monoisotopic (exact) mass is 313 g/mol. The molecule has 2 rings (SSSR count). The number of carboxylic acids is 1. The Morgan fingerprint density at radius 2 is 2.17 bits per heavy atom. The first kappa shape index (κ1) is 13.4. The number of carbonyl (C=O) groups is 1. The van der Waals surface area contributed by atoms with E-state index in [0.717, 1.165) is 29.7 Å². The van der Waals surface area contributed by atoms with Gasteiger partial charge in [-0.2, -0.15) is 0 Å². The second-order valence-electron chi connectivity index (χ2n) is 4.43.